The van der Waals surface area contributed by atoms with Gasteiger partial charge in [-0.2, -0.15) is 0 Å². The lowest BCUT2D eigenvalue weighted by atomic mass is 9.80. The first kappa shape index (κ1) is 20.2. The average Bonchev–Trinajstić information content (AvgIpc) is 2.78. The van der Waals surface area contributed by atoms with Crippen LogP contribution in [0, 0.1) is 6.92 Å². The van der Waals surface area contributed by atoms with Gasteiger partial charge < -0.3 is 0 Å². The van der Waals surface area contributed by atoms with Crippen molar-refractivity contribution >= 4 is 35.5 Å². The van der Waals surface area contributed by atoms with Gasteiger partial charge >= 0.3 is 0 Å². The number of benzene rings is 3. The number of thioether (sulfide) groups is 1. The summed E-state index contributed by atoms with van der Waals surface area (Å²) in [6.45, 7) is 2.06. The molecule has 0 radical (unpaired) electrons. The summed E-state index contributed by atoms with van der Waals surface area (Å²) in [5, 5.41) is -0.168. The SMILES string of the molecule is CS[C@H]1C(=O)N(c2ccc(C)cc2)C1(/C=C/c1ccccc1)/C=C/c1ccccc1. The number of hydrogen-bond acceptors (Lipinski definition) is 2. The van der Waals surface area contributed by atoms with E-state index in [1.54, 1.807) is 11.8 Å². The van der Waals surface area contributed by atoms with Gasteiger partial charge in [-0.3, -0.25) is 9.69 Å². The van der Waals surface area contributed by atoms with E-state index >= 15 is 0 Å². The van der Waals surface area contributed by atoms with Crippen molar-refractivity contribution in [2.75, 3.05) is 11.2 Å². The molecule has 150 valence electrons. The van der Waals surface area contributed by atoms with E-state index in [0.717, 1.165) is 16.8 Å². The Morgan fingerprint density at radius 2 is 1.30 bits per heavy atom. The molecule has 3 aromatic carbocycles. The molecule has 0 aromatic heterocycles. The number of carbonyl (C=O) groups is 1. The first-order valence-electron chi connectivity index (χ1n) is 10.1. The second-order valence-corrected chi connectivity index (χ2v) is 8.44. The molecule has 0 spiro atoms. The van der Waals surface area contributed by atoms with Gasteiger partial charge in [0.1, 0.15) is 10.8 Å². The largest absolute Gasteiger partial charge is 0.297 e. The van der Waals surface area contributed by atoms with Crippen LogP contribution >= 0.6 is 11.8 Å². The lowest BCUT2D eigenvalue weighted by molar-refractivity contribution is -0.124. The second kappa shape index (κ2) is 8.76. The third-order valence-corrected chi connectivity index (χ3v) is 6.52. The van der Waals surface area contributed by atoms with Crippen molar-refractivity contribution in [1.82, 2.24) is 0 Å². The number of amides is 1. The highest BCUT2D eigenvalue weighted by atomic mass is 32.2. The standard InChI is InChI=1S/C27H25NOS/c1-21-13-15-24(16-14-21)28-26(29)25(30-2)27(28,19-17-22-9-5-3-6-10-22)20-18-23-11-7-4-8-12-23/h3-20,25H,1-2H3/b19-17+,20-18+/t25-/m0/s1. The average molecular weight is 412 g/mol. The lowest BCUT2D eigenvalue weighted by Crippen LogP contribution is -2.71. The van der Waals surface area contributed by atoms with Crippen LogP contribution in [0.1, 0.15) is 16.7 Å². The van der Waals surface area contributed by atoms with Crippen LogP contribution in [0.15, 0.2) is 97.1 Å². The van der Waals surface area contributed by atoms with Crippen molar-refractivity contribution in [3.63, 3.8) is 0 Å². The number of nitrogens with zero attached hydrogens (tertiary/aromatic N) is 1. The molecule has 0 aliphatic carbocycles. The fourth-order valence-corrected chi connectivity index (χ4v) is 4.81. The van der Waals surface area contributed by atoms with Gasteiger partial charge in [0.25, 0.3) is 0 Å². The molecular weight excluding hydrogens is 386 g/mol. The summed E-state index contributed by atoms with van der Waals surface area (Å²) >= 11 is 1.60. The minimum Gasteiger partial charge on any atom is -0.297 e. The minimum atomic E-state index is -0.530. The van der Waals surface area contributed by atoms with Gasteiger partial charge in [-0.1, -0.05) is 103 Å². The molecule has 30 heavy (non-hydrogen) atoms. The number of anilines is 1. The van der Waals surface area contributed by atoms with Crippen LogP contribution in [0.3, 0.4) is 0 Å². The van der Waals surface area contributed by atoms with Gasteiger partial charge in [-0.05, 0) is 36.4 Å². The molecule has 1 amide bonds. The number of aryl methyl sites for hydroxylation is 1. The molecule has 1 aliphatic rings. The van der Waals surface area contributed by atoms with Crippen LogP contribution < -0.4 is 4.90 Å². The van der Waals surface area contributed by atoms with E-state index in [1.807, 2.05) is 59.7 Å². The Bertz CT molecular complexity index is 1010. The molecule has 0 unspecified atom stereocenters. The van der Waals surface area contributed by atoms with Crippen LogP contribution in [0.4, 0.5) is 5.69 Å². The fraction of sp³-hybridized carbons (Fsp3) is 0.148. The van der Waals surface area contributed by atoms with Crippen molar-refractivity contribution < 1.29 is 4.79 Å². The second-order valence-electron chi connectivity index (χ2n) is 7.50. The number of hydrogen-bond donors (Lipinski definition) is 0. The highest BCUT2D eigenvalue weighted by Crippen LogP contribution is 2.45. The van der Waals surface area contributed by atoms with Crippen LogP contribution in [0.25, 0.3) is 12.2 Å². The maximum absolute atomic E-state index is 13.2. The maximum Gasteiger partial charge on any atom is 0.244 e. The van der Waals surface area contributed by atoms with Crippen LogP contribution in [0.5, 0.6) is 0 Å². The summed E-state index contributed by atoms with van der Waals surface area (Å²) in [7, 11) is 0. The van der Waals surface area contributed by atoms with E-state index in [0.29, 0.717) is 0 Å². The Hall–Kier alpha value is -3.04. The maximum atomic E-state index is 13.2. The van der Waals surface area contributed by atoms with Crippen LogP contribution in [-0.2, 0) is 4.79 Å². The number of β-lactam (4-membered cyclic amide) rings is 1. The zero-order valence-corrected chi connectivity index (χ0v) is 18.0. The molecular formula is C27H25NOS. The van der Waals surface area contributed by atoms with Gasteiger partial charge in [-0.15, -0.1) is 11.8 Å². The predicted octanol–water partition coefficient (Wildman–Crippen LogP) is 6.24. The molecule has 1 aliphatic heterocycles. The first-order chi connectivity index (χ1) is 14.6. The van der Waals surface area contributed by atoms with Gasteiger partial charge in [0.15, 0.2) is 0 Å². The van der Waals surface area contributed by atoms with Crippen molar-refractivity contribution in [3.8, 4) is 0 Å². The molecule has 1 fully saturated rings. The smallest absolute Gasteiger partial charge is 0.244 e. The molecule has 3 heteroatoms. The van der Waals surface area contributed by atoms with Crippen molar-refractivity contribution in [1.29, 1.82) is 0 Å². The quantitative estimate of drug-likeness (QED) is 0.448. The molecule has 0 N–H and O–H groups in total. The Morgan fingerprint density at radius 3 is 1.77 bits per heavy atom. The fourth-order valence-electron chi connectivity index (χ4n) is 3.86. The summed E-state index contributed by atoms with van der Waals surface area (Å²) in [5.41, 5.74) is 3.81. The Kier molecular flexibility index (Phi) is 5.91. The third-order valence-electron chi connectivity index (χ3n) is 5.46. The molecule has 2 nitrogen and oxygen atoms in total. The Balaban J connectivity index is 1.80. The van der Waals surface area contributed by atoms with Gasteiger partial charge in [0.05, 0.1) is 0 Å². The van der Waals surface area contributed by atoms with Gasteiger partial charge in [-0.25, -0.2) is 0 Å². The topological polar surface area (TPSA) is 20.3 Å². The number of carbonyl (C=O) groups excluding carboxylic acids is 1. The molecule has 4 rings (SSSR count). The monoisotopic (exact) mass is 411 g/mol. The normalized spacial score (nSPS) is 18.1. The van der Waals surface area contributed by atoms with Gasteiger partial charge in [0.2, 0.25) is 5.91 Å². The predicted molar refractivity (Wildman–Crippen MR) is 130 cm³/mol. The summed E-state index contributed by atoms with van der Waals surface area (Å²) in [4.78, 5) is 15.1. The Morgan fingerprint density at radius 1 is 0.800 bits per heavy atom. The first-order valence-corrected chi connectivity index (χ1v) is 11.3. The van der Waals surface area contributed by atoms with Crippen molar-refractivity contribution in [2.45, 2.75) is 17.7 Å². The molecule has 3 aromatic rings. The highest BCUT2D eigenvalue weighted by molar-refractivity contribution is 8.00. The van der Waals surface area contributed by atoms with Crippen molar-refractivity contribution in [3.05, 3.63) is 114 Å². The van der Waals surface area contributed by atoms with E-state index in [-0.39, 0.29) is 11.2 Å². The highest BCUT2D eigenvalue weighted by Gasteiger charge is 2.57. The molecule has 1 heterocycles. The van der Waals surface area contributed by atoms with E-state index in [9.17, 15) is 4.79 Å². The van der Waals surface area contributed by atoms with Crippen molar-refractivity contribution in [2.24, 2.45) is 0 Å². The molecule has 1 saturated heterocycles. The summed E-state index contributed by atoms with van der Waals surface area (Å²) in [6.07, 6.45) is 10.6. The minimum absolute atomic E-state index is 0.141. The lowest BCUT2D eigenvalue weighted by Gasteiger charge is -2.54. The summed E-state index contributed by atoms with van der Waals surface area (Å²) in [6, 6.07) is 28.6. The van der Waals surface area contributed by atoms with E-state index < -0.39 is 5.54 Å². The summed E-state index contributed by atoms with van der Waals surface area (Å²) in [5.74, 6) is 0.141. The third kappa shape index (κ3) is 3.86. The zero-order chi connectivity index (χ0) is 21.0. The van der Waals surface area contributed by atoms with Gasteiger partial charge in [0, 0.05) is 5.69 Å². The molecule has 1 atom stereocenters. The molecule has 0 saturated carbocycles. The van der Waals surface area contributed by atoms with Crippen LogP contribution in [0.2, 0.25) is 0 Å². The van der Waals surface area contributed by atoms with Crippen LogP contribution in [-0.4, -0.2) is 23.0 Å². The summed E-state index contributed by atoms with van der Waals surface area (Å²) < 4.78 is 0. The Labute approximate surface area is 182 Å². The van der Waals surface area contributed by atoms with E-state index in [1.165, 1.54) is 5.56 Å². The van der Waals surface area contributed by atoms with E-state index in [2.05, 4.69) is 67.6 Å². The number of rotatable bonds is 6. The van der Waals surface area contributed by atoms with E-state index in [4.69, 9.17) is 0 Å². The molecule has 0 bridgehead atoms. The zero-order valence-electron chi connectivity index (χ0n) is 17.2.